The summed E-state index contributed by atoms with van der Waals surface area (Å²) < 4.78 is 33.7. The zero-order chi connectivity index (χ0) is 23.8. The van der Waals surface area contributed by atoms with E-state index >= 15 is 0 Å². The molecule has 3 aromatic rings. The zero-order valence-corrected chi connectivity index (χ0v) is 20.9. The Morgan fingerprint density at radius 2 is 1.85 bits per heavy atom. The summed E-state index contributed by atoms with van der Waals surface area (Å²) in [5.41, 5.74) is 1.77. The van der Waals surface area contributed by atoms with E-state index in [-0.39, 0.29) is 31.8 Å². The molecular formula is C23H22Cl2N2O4S2. The first-order valence-corrected chi connectivity index (χ1v) is 13.4. The third kappa shape index (κ3) is 5.41. The van der Waals surface area contributed by atoms with Gasteiger partial charge in [0.25, 0.3) is 10.1 Å². The second-order valence-electron chi connectivity index (χ2n) is 7.90. The van der Waals surface area contributed by atoms with E-state index in [1.165, 1.54) is 17.8 Å². The zero-order valence-electron chi connectivity index (χ0n) is 17.7. The number of amides is 1. The van der Waals surface area contributed by atoms with Crippen LogP contribution in [0.3, 0.4) is 0 Å². The summed E-state index contributed by atoms with van der Waals surface area (Å²) in [5.74, 6) is -0.245. The molecule has 4 rings (SSSR count). The van der Waals surface area contributed by atoms with Gasteiger partial charge in [-0.15, -0.1) is 0 Å². The summed E-state index contributed by atoms with van der Waals surface area (Å²) in [6.07, 6.45) is 5.46. The molecule has 1 aromatic heterocycles. The molecule has 0 spiro atoms. The fourth-order valence-electron chi connectivity index (χ4n) is 3.84. The molecule has 1 amide bonds. The van der Waals surface area contributed by atoms with Crippen molar-refractivity contribution in [3.63, 3.8) is 0 Å². The molecular weight excluding hydrogens is 503 g/mol. The van der Waals surface area contributed by atoms with Crippen molar-refractivity contribution in [1.29, 1.82) is 0 Å². The lowest BCUT2D eigenvalue weighted by molar-refractivity contribution is -0.126. The lowest BCUT2D eigenvalue weighted by Crippen LogP contribution is -2.41. The highest BCUT2D eigenvalue weighted by atomic mass is 35.5. The summed E-state index contributed by atoms with van der Waals surface area (Å²) in [5, 5.41) is 1.10. The first-order chi connectivity index (χ1) is 15.6. The number of benzene rings is 2. The van der Waals surface area contributed by atoms with Crippen LogP contribution in [0.25, 0.3) is 17.0 Å². The van der Waals surface area contributed by atoms with Crippen molar-refractivity contribution in [2.24, 2.45) is 7.05 Å². The Balaban J connectivity index is 1.44. The van der Waals surface area contributed by atoms with E-state index < -0.39 is 15.4 Å². The summed E-state index contributed by atoms with van der Waals surface area (Å²) in [7, 11) is -2.06. The van der Waals surface area contributed by atoms with Gasteiger partial charge in [-0.05, 0) is 54.8 Å². The van der Waals surface area contributed by atoms with E-state index in [1.54, 1.807) is 11.0 Å². The van der Waals surface area contributed by atoms with E-state index in [2.05, 4.69) is 22.8 Å². The van der Waals surface area contributed by atoms with E-state index in [4.69, 9.17) is 27.8 Å². The van der Waals surface area contributed by atoms with Gasteiger partial charge in [0.1, 0.15) is 0 Å². The molecule has 1 saturated heterocycles. The van der Waals surface area contributed by atoms with E-state index in [9.17, 15) is 13.2 Å². The predicted molar refractivity (Wildman–Crippen MR) is 134 cm³/mol. The topological polar surface area (TPSA) is 79.6 Å². The van der Waals surface area contributed by atoms with E-state index in [0.29, 0.717) is 15.6 Å². The number of aryl methyl sites for hydroxylation is 1. The third-order valence-electron chi connectivity index (χ3n) is 5.74. The Hall–Kier alpha value is -1.97. The van der Waals surface area contributed by atoms with E-state index in [0.717, 1.165) is 20.7 Å². The molecule has 1 aliphatic rings. The number of carbonyl (C=O) groups is 1. The van der Waals surface area contributed by atoms with Gasteiger partial charge in [0.05, 0.1) is 15.3 Å². The molecule has 10 heteroatoms. The van der Waals surface area contributed by atoms with Gasteiger partial charge in [0, 0.05) is 53.1 Å². The molecule has 6 nitrogen and oxygen atoms in total. The van der Waals surface area contributed by atoms with Crippen molar-refractivity contribution < 1.29 is 17.8 Å². The number of hydrogen-bond acceptors (Lipinski definition) is 4. The SMILES string of the molecule is Cn1ccc2cc(Sc3ccc(C=CC(=O)N4CCC(S(=O)(=O)O)CC4)c(Cl)c3Cl)ccc21. The molecule has 0 saturated carbocycles. The smallest absolute Gasteiger partial charge is 0.267 e. The van der Waals surface area contributed by atoms with Crippen LogP contribution in [0.2, 0.25) is 10.0 Å². The number of hydrogen-bond donors (Lipinski definition) is 1. The quantitative estimate of drug-likeness (QED) is 0.350. The molecule has 33 heavy (non-hydrogen) atoms. The molecule has 0 aliphatic carbocycles. The van der Waals surface area contributed by atoms with Crippen molar-refractivity contribution in [1.82, 2.24) is 9.47 Å². The normalized spacial score (nSPS) is 15.6. The predicted octanol–water partition coefficient (Wildman–Crippen LogP) is 5.53. The Bertz CT molecular complexity index is 1340. The van der Waals surface area contributed by atoms with Crippen LogP contribution in [0.5, 0.6) is 0 Å². The maximum Gasteiger partial charge on any atom is 0.267 e. The van der Waals surface area contributed by atoms with Crippen molar-refractivity contribution >= 4 is 68.0 Å². The number of rotatable bonds is 5. The minimum Gasteiger partial charge on any atom is -0.351 e. The molecule has 1 N–H and O–H groups in total. The fourth-order valence-corrected chi connectivity index (χ4v) is 6.13. The number of carbonyl (C=O) groups excluding carboxylic acids is 1. The van der Waals surface area contributed by atoms with Crippen LogP contribution < -0.4 is 0 Å². The summed E-state index contributed by atoms with van der Waals surface area (Å²) in [4.78, 5) is 15.9. The number of likely N-dealkylation sites (tertiary alicyclic amines) is 1. The Kier molecular flexibility index (Phi) is 7.12. The lowest BCUT2D eigenvalue weighted by Gasteiger charge is -2.29. The van der Waals surface area contributed by atoms with Gasteiger partial charge in [0.2, 0.25) is 5.91 Å². The highest BCUT2D eigenvalue weighted by Crippen LogP contribution is 2.40. The van der Waals surface area contributed by atoms with Crippen LogP contribution >= 0.6 is 35.0 Å². The van der Waals surface area contributed by atoms with Crippen molar-refractivity contribution in [2.45, 2.75) is 27.9 Å². The van der Waals surface area contributed by atoms with Gasteiger partial charge in [-0.25, -0.2) is 0 Å². The molecule has 0 atom stereocenters. The number of piperidine rings is 1. The van der Waals surface area contributed by atoms with Crippen LogP contribution in [0.15, 0.2) is 58.5 Å². The molecule has 2 heterocycles. The average molecular weight is 525 g/mol. The Labute approximate surface area is 206 Å². The first-order valence-electron chi connectivity index (χ1n) is 10.3. The first kappa shape index (κ1) is 24.2. The number of nitrogens with zero attached hydrogens (tertiary/aromatic N) is 2. The van der Waals surface area contributed by atoms with Crippen LogP contribution in [0.4, 0.5) is 0 Å². The monoisotopic (exact) mass is 524 g/mol. The molecule has 1 fully saturated rings. The number of fused-ring (bicyclic) bond motifs is 1. The maximum atomic E-state index is 12.5. The highest BCUT2D eigenvalue weighted by molar-refractivity contribution is 7.99. The Morgan fingerprint density at radius 3 is 2.55 bits per heavy atom. The minimum absolute atomic E-state index is 0.214. The largest absolute Gasteiger partial charge is 0.351 e. The van der Waals surface area contributed by atoms with Crippen LogP contribution in [0.1, 0.15) is 18.4 Å². The van der Waals surface area contributed by atoms with E-state index in [1.807, 2.05) is 31.4 Å². The van der Waals surface area contributed by atoms with Crippen LogP contribution in [-0.2, 0) is 22.0 Å². The summed E-state index contributed by atoms with van der Waals surface area (Å²) in [6, 6.07) is 11.9. The van der Waals surface area contributed by atoms with Crippen molar-refractivity contribution in [3.8, 4) is 0 Å². The van der Waals surface area contributed by atoms with Crippen molar-refractivity contribution in [3.05, 3.63) is 64.3 Å². The molecule has 0 unspecified atom stereocenters. The van der Waals surface area contributed by atoms with Gasteiger partial charge < -0.3 is 9.47 Å². The third-order valence-corrected chi connectivity index (χ3v) is 9.11. The van der Waals surface area contributed by atoms with Gasteiger partial charge in [0.15, 0.2) is 0 Å². The second-order valence-corrected chi connectivity index (χ2v) is 11.5. The van der Waals surface area contributed by atoms with Crippen LogP contribution in [-0.4, -0.2) is 46.7 Å². The van der Waals surface area contributed by atoms with Crippen LogP contribution in [0, 0.1) is 0 Å². The molecule has 0 bridgehead atoms. The van der Waals surface area contributed by atoms with Gasteiger partial charge in [-0.1, -0.05) is 41.0 Å². The average Bonchev–Trinajstić information content (AvgIpc) is 3.16. The number of halogens is 2. The number of aromatic nitrogens is 1. The molecule has 174 valence electrons. The highest BCUT2D eigenvalue weighted by Gasteiger charge is 2.29. The lowest BCUT2D eigenvalue weighted by atomic mass is 10.1. The standard InChI is InChI=1S/C23H22Cl2N2O4S2/c1-26-11-8-16-14-17(4-5-19(16)26)32-20-6-2-15(22(24)23(20)25)3-7-21(28)27-12-9-18(10-13-27)33(29,30)31/h2-8,11,14,18H,9-10,12-13H2,1H3,(H,29,30,31). The molecule has 0 radical (unpaired) electrons. The summed E-state index contributed by atoms with van der Waals surface area (Å²) >= 11 is 14.5. The summed E-state index contributed by atoms with van der Waals surface area (Å²) in [6.45, 7) is 0.535. The van der Waals surface area contributed by atoms with Gasteiger partial charge in [-0.3, -0.25) is 9.35 Å². The van der Waals surface area contributed by atoms with Crippen molar-refractivity contribution in [2.75, 3.05) is 13.1 Å². The Morgan fingerprint density at radius 1 is 1.12 bits per heavy atom. The maximum absolute atomic E-state index is 12.5. The fraction of sp³-hybridized carbons (Fsp3) is 0.261. The van der Waals surface area contributed by atoms with Gasteiger partial charge in [-0.2, -0.15) is 8.42 Å². The molecule has 2 aromatic carbocycles. The minimum atomic E-state index is -4.07. The molecule has 1 aliphatic heterocycles. The van der Waals surface area contributed by atoms with Gasteiger partial charge >= 0.3 is 0 Å². The second kappa shape index (κ2) is 9.72.